The Hall–Kier alpha value is -4.47. The average Bonchev–Trinajstić information content (AvgIpc) is 3.96. The second kappa shape index (κ2) is 13.8. The molecule has 2 aliphatic carbocycles. The molecule has 1 aromatic heterocycles. The summed E-state index contributed by atoms with van der Waals surface area (Å²) in [5.41, 5.74) is -1.87. The standard InChI is InChI=1S/C36H48N6O9S/c1-20(2)42-31(44)26-13-9-8-12-25(26)30(39-42)51-24-17-27-29(43)38-36(33(46)40-52(49,50)35(5)14-15-35)18-23(36)11-7-6-10-21(3)16-22(4)28(37-34(47)48)32(45)41(27)19-24/h7-9,11-13,20-24,27-28,37H,6,10,14-19H2,1-5H3,(H,38,43)(H,40,46)(H,47,48)/b11-7-/t21-,22+,23+,24+,27-,28-,36+/m0/s1. The van der Waals surface area contributed by atoms with Gasteiger partial charge in [-0.1, -0.05) is 38.1 Å². The number of carbonyl (C=O) groups is 4. The van der Waals surface area contributed by atoms with Crippen LogP contribution in [0.5, 0.6) is 5.88 Å². The summed E-state index contributed by atoms with van der Waals surface area (Å²) >= 11 is 0. The number of allylic oxidation sites excluding steroid dienone is 1. The minimum absolute atomic E-state index is 0.0481. The topological polar surface area (TPSA) is 206 Å². The molecule has 2 aliphatic heterocycles. The molecular formula is C36H48N6O9S. The summed E-state index contributed by atoms with van der Waals surface area (Å²) in [5.74, 6) is -2.84. The van der Waals surface area contributed by atoms with Crippen molar-refractivity contribution in [1.29, 1.82) is 0 Å². The highest BCUT2D eigenvalue weighted by Gasteiger charge is 2.63. The van der Waals surface area contributed by atoms with Crippen molar-refractivity contribution in [2.75, 3.05) is 6.54 Å². The number of rotatable bonds is 7. The number of hydrogen-bond donors (Lipinski definition) is 4. The predicted molar refractivity (Wildman–Crippen MR) is 191 cm³/mol. The second-order valence-corrected chi connectivity index (χ2v) is 17.8. The molecule has 0 unspecified atom stereocenters. The third-order valence-electron chi connectivity index (χ3n) is 11.1. The third kappa shape index (κ3) is 7.13. The van der Waals surface area contributed by atoms with Gasteiger partial charge in [-0.3, -0.25) is 23.9 Å². The van der Waals surface area contributed by atoms with E-state index < -0.39 is 74.1 Å². The second-order valence-electron chi connectivity index (χ2n) is 15.6. The molecule has 3 fully saturated rings. The molecule has 7 atom stereocenters. The van der Waals surface area contributed by atoms with Crippen molar-refractivity contribution in [2.45, 2.75) is 114 Å². The molecule has 4 aliphatic rings. The summed E-state index contributed by atoms with van der Waals surface area (Å²) in [6.07, 6.45) is 4.38. The van der Waals surface area contributed by atoms with E-state index in [0.717, 1.165) is 6.42 Å². The van der Waals surface area contributed by atoms with E-state index in [2.05, 4.69) is 20.5 Å². The van der Waals surface area contributed by atoms with Crippen LogP contribution >= 0.6 is 0 Å². The van der Waals surface area contributed by atoms with Gasteiger partial charge in [0, 0.05) is 12.3 Å². The summed E-state index contributed by atoms with van der Waals surface area (Å²) in [6.45, 7) is 8.87. The molecule has 1 saturated heterocycles. The van der Waals surface area contributed by atoms with Crippen LogP contribution < -0.4 is 25.7 Å². The number of ether oxygens (including phenoxy) is 1. The fourth-order valence-electron chi connectivity index (χ4n) is 7.50. The Bertz CT molecular complexity index is 1980. The number of carboxylic acid groups (broad SMARTS) is 1. The fourth-order valence-corrected chi connectivity index (χ4v) is 8.81. The Morgan fingerprint density at radius 3 is 2.44 bits per heavy atom. The zero-order valence-corrected chi connectivity index (χ0v) is 30.9. The highest BCUT2D eigenvalue weighted by molar-refractivity contribution is 7.91. The molecule has 282 valence electrons. The number of nitrogens with one attached hydrogen (secondary N) is 3. The Balaban J connectivity index is 1.37. The van der Waals surface area contributed by atoms with Gasteiger partial charge < -0.3 is 25.4 Å². The van der Waals surface area contributed by atoms with E-state index >= 15 is 0 Å². The van der Waals surface area contributed by atoms with Gasteiger partial charge in [-0.2, -0.15) is 0 Å². The molecule has 4 N–H and O–H groups in total. The highest BCUT2D eigenvalue weighted by atomic mass is 32.2. The predicted octanol–water partition coefficient (Wildman–Crippen LogP) is 2.85. The first-order valence-corrected chi connectivity index (χ1v) is 19.5. The van der Waals surface area contributed by atoms with Crippen LogP contribution in [0.15, 0.2) is 41.2 Å². The molecule has 15 nitrogen and oxygen atoms in total. The van der Waals surface area contributed by atoms with E-state index in [0.29, 0.717) is 36.5 Å². The van der Waals surface area contributed by atoms with E-state index in [1.165, 1.54) is 9.58 Å². The molecule has 0 spiro atoms. The third-order valence-corrected chi connectivity index (χ3v) is 13.2. The summed E-state index contributed by atoms with van der Waals surface area (Å²) in [7, 11) is -4.02. The Labute approximate surface area is 302 Å². The minimum atomic E-state index is -4.02. The molecular weight excluding hydrogens is 692 g/mol. The molecule has 0 bridgehead atoms. The summed E-state index contributed by atoms with van der Waals surface area (Å²) in [5, 5.41) is 20.3. The van der Waals surface area contributed by atoms with Gasteiger partial charge in [0.05, 0.1) is 28.1 Å². The monoisotopic (exact) mass is 740 g/mol. The lowest BCUT2D eigenvalue weighted by atomic mass is 9.88. The lowest BCUT2D eigenvalue weighted by Gasteiger charge is -2.32. The Morgan fingerprint density at radius 2 is 1.79 bits per heavy atom. The number of amides is 4. The van der Waals surface area contributed by atoms with E-state index in [9.17, 15) is 37.5 Å². The van der Waals surface area contributed by atoms with Crippen LogP contribution in [0.25, 0.3) is 10.8 Å². The first-order chi connectivity index (χ1) is 24.5. The number of aromatic nitrogens is 2. The number of nitrogens with zero attached hydrogens (tertiary/aromatic N) is 3. The van der Waals surface area contributed by atoms with Gasteiger partial charge in [-0.15, -0.1) is 5.10 Å². The normalized spacial score (nSPS) is 31.0. The quantitative estimate of drug-likeness (QED) is 0.306. The van der Waals surface area contributed by atoms with Crippen LogP contribution in [0.1, 0.15) is 85.6 Å². The van der Waals surface area contributed by atoms with Crippen molar-refractivity contribution < 1.29 is 37.4 Å². The molecule has 3 heterocycles. The minimum Gasteiger partial charge on any atom is -0.471 e. The van der Waals surface area contributed by atoms with Gasteiger partial charge in [-0.25, -0.2) is 17.9 Å². The van der Waals surface area contributed by atoms with E-state index in [1.807, 2.05) is 32.9 Å². The molecule has 4 amide bonds. The van der Waals surface area contributed by atoms with Crippen LogP contribution in [0.3, 0.4) is 0 Å². The van der Waals surface area contributed by atoms with Crippen LogP contribution in [0, 0.1) is 17.8 Å². The summed E-state index contributed by atoms with van der Waals surface area (Å²) in [4.78, 5) is 69.0. The average molecular weight is 741 g/mol. The number of hydrogen-bond acceptors (Lipinski definition) is 9. The van der Waals surface area contributed by atoms with Gasteiger partial charge in [0.1, 0.15) is 23.7 Å². The van der Waals surface area contributed by atoms with Crippen molar-refractivity contribution in [2.24, 2.45) is 17.8 Å². The summed E-state index contributed by atoms with van der Waals surface area (Å²) in [6, 6.07) is 4.14. The maximum atomic E-state index is 14.4. The van der Waals surface area contributed by atoms with E-state index in [1.54, 1.807) is 38.1 Å². The van der Waals surface area contributed by atoms with Crippen molar-refractivity contribution in [3.05, 3.63) is 46.8 Å². The molecule has 6 rings (SSSR count). The molecule has 52 heavy (non-hydrogen) atoms. The van der Waals surface area contributed by atoms with Gasteiger partial charge in [0.25, 0.3) is 11.5 Å². The van der Waals surface area contributed by atoms with Crippen LogP contribution in [0.2, 0.25) is 0 Å². The number of benzene rings is 1. The van der Waals surface area contributed by atoms with Crippen molar-refractivity contribution in [3.8, 4) is 5.88 Å². The van der Waals surface area contributed by atoms with E-state index in [-0.39, 0.29) is 42.8 Å². The lowest BCUT2D eigenvalue weighted by Crippen LogP contribution is -2.59. The van der Waals surface area contributed by atoms with Crippen molar-refractivity contribution in [3.63, 3.8) is 0 Å². The fraction of sp³-hybridized carbons (Fsp3) is 0.611. The van der Waals surface area contributed by atoms with Gasteiger partial charge >= 0.3 is 6.09 Å². The number of fused-ring (bicyclic) bond motifs is 3. The number of carbonyl (C=O) groups excluding carboxylic acids is 3. The Morgan fingerprint density at radius 1 is 1.10 bits per heavy atom. The maximum Gasteiger partial charge on any atom is 0.405 e. The maximum absolute atomic E-state index is 14.4. The summed E-state index contributed by atoms with van der Waals surface area (Å²) < 4.78 is 35.1. The first kappa shape index (κ1) is 37.3. The van der Waals surface area contributed by atoms with E-state index in [4.69, 9.17) is 4.74 Å². The van der Waals surface area contributed by atoms with Crippen molar-refractivity contribution in [1.82, 2.24) is 30.0 Å². The van der Waals surface area contributed by atoms with Crippen LogP contribution in [-0.4, -0.2) is 87.0 Å². The SMILES string of the molecule is CC(C)n1nc(O[C@@H]2C[C@H]3C(=O)N[C@]4(C(=O)NS(=O)(=O)C5(C)CC5)C[C@H]4/C=C\CC[C@H](C)C[C@@H](C)[C@H](NC(=O)O)C(=O)N3C2)c2ccccc2c1=O. The smallest absolute Gasteiger partial charge is 0.405 e. The van der Waals surface area contributed by atoms with Gasteiger partial charge in [-0.05, 0) is 83.3 Å². The Kier molecular flexibility index (Phi) is 9.91. The molecule has 16 heteroatoms. The highest BCUT2D eigenvalue weighted by Crippen LogP contribution is 2.47. The molecule has 2 aromatic rings. The van der Waals surface area contributed by atoms with Gasteiger partial charge in [0.15, 0.2) is 0 Å². The lowest BCUT2D eigenvalue weighted by molar-refractivity contribution is -0.142. The zero-order valence-electron chi connectivity index (χ0n) is 30.1. The van der Waals surface area contributed by atoms with Crippen molar-refractivity contribution >= 4 is 44.6 Å². The van der Waals surface area contributed by atoms with Gasteiger partial charge in [0.2, 0.25) is 27.7 Å². The number of sulfonamides is 1. The largest absolute Gasteiger partial charge is 0.471 e. The molecule has 2 saturated carbocycles. The van der Waals surface area contributed by atoms with Crippen LogP contribution in [-0.2, 0) is 24.4 Å². The molecule has 0 radical (unpaired) electrons. The first-order valence-electron chi connectivity index (χ1n) is 18.0. The van der Waals surface area contributed by atoms with Crippen LogP contribution in [0.4, 0.5) is 4.79 Å². The molecule has 1 aromatic carbocycles. The zero-order chi connectivity index (χ0) is 37.7.